The zero-order chi connectivity index (χ0) is 12.7. The fourth-order valence-corrected chi connectivity index (χ4v) is 3.01. The Labute approximate surface area is 107 Å². The summed E-state index contributed by atoms with van der Waals surface area (Å²) in [5, 5.41) is 15.1. The van der Waals surface area contributed by atoms with E-state index in [1.54, 1.807) is 30.1 Å². The fraction of sp³-hybridized carbons (Fsp3) is 0.154. The quantitative estimate of drug-likeness (QED) is 0.771. The topological polar surface area (TPSA) is 38.0 Å². The van der Waals surface area contributed by atoms with Gasteiger partial charge in [0.05, 0.1) is 5.69 Å². The van der Waals surface area contributed by atoms with Crippen LogP contribution in [0, 0.1) is 5.82 Å². The molecular weight excluding hydrogens is 251 g/mol. The number of thiophene rings is 1. The van der Waals surface area contributed by atoms with Crippen molar-refractivity contribution in [3.63, 3.8) is 0 Å². The summed E-state index contributed by atoms with van der Waals surface area (Å²) >= 11 is 1.46. The lowest BCUT2D eigenvalue weighted by Crippen LogP contribution is -2.04. The van der Waals surface area contributed by atoms with Crippen molar-refractivity contribution in [3.8, 4) is 0 Å². The highest BCUT2D eigenvalue weighted by atomic mass is 32.1. The van der Waals surface area contributed by atoms with Gasteiger partial charge in [-0.15, -0.1) is 11.3 Å². The maximum atomic E-state index is 13.1. The minimum Gasteiger partial charge on any atom is -0.381 e. The smallest absolute Gasteiger partial charge is 0.130 e. The molecule has 5 heteroatoms. The van der Waals surface area contributed by atoms with Crippen LogP contribution in [0.2, 0.25) is 0 Å². The van der Waals surface area contributed by atoms with E-state index in [4.69, 9.17) is 0 Å². The van der Waals surface area contributed by atoms with Crippen molar-refractivity contribution >= 4 is 21.4 Å². The largest absolute Gasteiger partial charge is 0.381 e. The zero-order valence-electron chi connectivity index (χ0n) is 9.67. The van der Waals surface area contributed by atoms with E-state index in [0.717, 1.165) is 20.7 Å². The minimum absolute atomic E-state index is 0.262. The molecule has 2 aromatic heterocycles. The van der Waals surface area contributed by atoms with Crippen molar-refractivity contribution in [2.45, 2.75) is 6.10 Å². The van der Waals surface area contributed by atoms with Crippen LogP contribution in [-0.2, 0) is 7.05 Å². The summed E-state index contributed by atoms with van der Waals surface area (Å²) in [5.74, 6) is -0.262. The molecular formula is C13H11FN2OS. The maximum Gasteiger partial charge on any atom is 0.130 e. The molecule has 0 spiro atoms. The number of hydrogen-bond acceptors (Lipinski definition) is 3. The van der Waals surface area contributed by atoms with Gasteiger partial charge in [-0.1, -0.05) is 0 Å². The number of nitrogens with zero attached hydrogens (tertiary/aromatic N) is 2. The summed E-state index contributed by atoms with van der Waals surface area (Å²) in [6.07, 6.45) is 0.920. The monoisotopic (exact) mass is 262 g/mol. The number of hydrogen-bond donors (Lipinski definition) is 1. The molecule has 0 saturated carbocycles. The highest BCUT2D eigenvalue weighted by molar-refractivity contribution is 7.19. The van der Waals surface area contributed by atoms with Crippen LogP contribution < -0.4 is 0 Å². The molecule has 1 N–H and O–H groups in total. The zero-order valence-corrected chi connectivity index (χ0v) is 10.5. The lowest BCUT2D eigenvalue weighted by molar-refractivity contribution is 0.213. The Bertz CT molecular complexity index is 704. The fourth-order valence-electron chi connectivity index (χ4n) is 1.97. The predicted octanol–water partition coefficient (Wildman–Crippen LogP) is 2.86. The Balaban J connectivity index is 2.07. The number of aliphatic hydroxyl groups excluding tert-OH is 1. The molecule has 0 bridgehead atoms. The van der Waals surface area contributed by atoms with Gasteiger partial charge in [-0.25, -0.2) is 4.39 Å². The molecule has 0 aliphatic carbocycles. The molecule has 0 radical (unpaired) electrons. The molecule has 3 nitrogen and oxygen atoms in total. The van der Waals surface area contributed by atoms with Gasteiger partial charge in [0.1, 0.15) is 11.9 Å². The summed E-state index contributed by atoms with van der Waals surface area (Å²) in [6.45, 7) is 0. The van der Waals surface area contributed by atoms with Gasteiger partial charge in [0.2, 0.25) is 0 Å². The lowest BCUT2D eigenvalue weighted by Gasteiger charge is -2.08. The van der Waals surface area contributed by atoms with E-state index in [2.05, 4.69) is 5.10 Å². The number of rotatable bonds is 2. The van der Waals surface area contributed by atoms with Gasteiger partial charge in [-0.05, 0) is 35.7 Å². The average Bonchev–Trinajstić information content (AvgIpc) is 2.93. The Hall–Kier alpha value is -1.72. The summed E-state index contributed by atoms with van der Waals surface area (Å²) in [7, 11) is 1.78. The molecule has 18 heavy (non-hydrogen) atoms. The number of aryl methyl sites for hydroxylation is 1. The summed E-state index contributed by atoms with van der Waals surface area (Å²) < 4.78 is 15.7. The van der Waals surface area contributed by atoms with Crippen LogP contribution in [0.25, 0.3) is 10.1 Å². The second-order valence-corrected chi connectivity index (χ2v) is 5.23. The van der Waals surface area contributed by atoms with E-state index >= 15 is 0 Å². The average molecular weight is 262 g/mol. The predicted molar refractivity (Wildman–Crippen MR) is 69.1 cm³/mol. The van der Waals surface area contributed by atoms with E-state index < -0.39 is 6.10 Å². The van der Waals surface area contributed by atoms with Crippen LogP contribution >= 0.6 is 11.3 Å². The Morgan fingerprint density at radius 3 is 2.89 bits per heavy atom. The van der Waals surface area contributed by atoms with Gasteiger partial charge >= 0.3 is 0 Å². The van der Waals surface area contributed by atoms with Crippen LogP contribution in [0.15, 0.2) is 36.5 Å². The molecule has 1 atom stereocenters. The molecule has 1 unspecified atom stereocenters. The van der Waals surface area contributed by atoms with E-state index in [9.17, 15) is 9.50 Å². The van der Waals surface area contributed by atoms with Crippen LogP contribution in [-0.4, -0.2) is 14.9 Å². The summed E-state index contributed by atoms with van der Waals surface area (Å²) in [4.78, 5) is 0.791. The Morgan fingerprint density at radius 1 is 1.33 bits per heavy atom. The highest BCUT2D eigenvalue weighted by Gasteiger charge is 2.16. The van der Waals surface area contributed by atoms with Crippen LogP contribution in [0.3, 0.4) is 0 Å². The molecule has 3 rings (SSSR count). The molecule has 0 amide bonds. The standard InChI is InChI=1S/C13H11FN2OS/c1-16-10(4-5-15-16)13(17)12-7-8-6-9(14)2-3-11(8)18-12/h2-7,13,17H,1H3. The van der Waals surface area contributed by atoms with Crippen molar-refractivity contribution in [1.29, 1.82) is 0 Å². The summed E-state index contributed by atoms with van der Waals surface area (Å²) in [6, 6.07) is 8.23. The first-order valence-electron chi connectivity index (χ1n) is 5.50. The molecule has 3 aromatic rings. The van der Waals surface area contributed by atoms with Gasteiger partial charge < -0.3 is 5.11 Å². The number of fused-ring (bicyclic) bond motifs is 1. The van der Waals surface area contributed by atoms with E-state index in [1.165, 1.54) is 23.5 Å². The van der Waals surface area contributed by atoms with Crippen LogP contribution in [0.4, 0.5) is 4.39 Å². The summed E-state index contributed by atoms with van der Waals surface area (Å²) in [5.41, 5.74) is 0.724. The van der Waals surface area contributed by atoms with E-state index in [1.807, 2.05) is 6.07 Å². The van der Waals surface area contributed by atoms with E-state index in [-0.39, 0.29) is 5.82 Å². The van der Waals surface area contributed by atoms with Gasteiger partial charge in [0, 0.05) is 22.8 Å². The van der Waals surface area contributed by atoms with Gasteiger partial charge in [-0.3, -0.25) is 4.68 Å². The van der Waals surface area contributed by atoms with Gasteiger partial charge in [0.15, 0.2) is 0 Å². The number of halogens is 1. The molecule has 0 fully saturated rings. The van der Waals surface area contributed by atoms with Crippen molar-refractivity contribution in [1.82, 2.24) is 9.78 Å². The van der Waals surface area contributed by atoms with Crippen molar-refractivity contribution in [3.05, 3.63) is 52.9 Å². The molecule has 2 heterocycles. The first-order chi connectivity index (χ1) is 8.65. The first kappa shape index (κ1) is 11.4. The first-order valence-corrected chi connectivity index (χ1v) is 6.32. The van der Waals surface area contributed by atoms with E-state index in [0.29, 0.717) is 0 Å². The molecule has 0 saturated heterocycles. The van der Waals surface area contributed by atoms with Crippen molar-refractivity contribution in [2.24, 2.45) is 7.05 Å². The van der Waals surface area contributed by atoms with Gasteiger partial charge in [-0.2, -0.15) is 5.10 Å². The number of aliphatic hydroxyl groups is 1. The second kappa shape index (κ2) is 4.19. The van der Waals surface area contributed by atoms with Crippen LogP contribution in [0.5, 0.6) is 0 Å². The number of aromatic nitrogens is 2. The molecule has 0 aliphatic rings. The highest BCUT2D eigenvalue weighted by Crippen LogP contribution is 2.33. The molecule has 92 valence electrons. The Kier molecular flexibility index (Phi) is 2.65. The maximum absolute atomic E-state index is 13.1. The third-order valence-electron chi connectivity index (χ3n) is 2.91. The van der Waals surface area contributed by atoms with Crippen LogP contribution in [0.1, 0.15) is 16.7 Å². The molecule has 1 aromatic carbocycles. The Morgan fingerprint density at radius 2 is 2.17 bits per heavy atom. The number of benzene rings is 1. The normalized spacial score (nSPS) is 13.1. The third-order valence-corrected chi connectivity index (χ3v) is 4.07. The second-order valence-electron chi connectivity index (χ2n) is 4.11. The van der Waals surface area contributed by atoms with Crippen molar-refractivity contribution < 1.29 is 9.50 Å². The lowest BCUT2D eigenvalue weighted by atomic mass is 10.2. The minimum atomic E-state index is -0.724. The molecule has 0 aliphatic heterocycles. The van der Waals surface area contributed by atoms with Crippen molar-refractivity contribution in [2.75, 3.05) is 0 Å². The van der Waals surface area contributed by atoms with Gasteiger partial charge in [0.25, 0.3) is 0 Å². The SMILES string of the molecule is Cn1nccc1C(O)c1cc2cc(F)ccc2s1. The third kappa shape index (κ3) is 1.81.